The van der Waals surface area contributed by atoms with Crippen LogP contribution in [-0.2, 0) is 0 Å². The zero-order chi connectivity index (χ0) is 10.1. The molecule has 0 bridgehead atoms. The summed E-state index contributed by atoms with van der Waals surface area (Å²) in [6.45, 7) is 8.11. The van der Waals surface area contributed by atoms with Crippen LogP contribution in [0.4, 0.5) is 0 Å². The van der Waals surface area contributed by atoms with E-state index in [0.29, 0.717) is 5.92 Å². The quantitative estimate of drug-likeness (QED) is 0.691. The largest absolute Gasteiger partial charge is 0.330 e. The Morgan fingerprint density at radius 3 is 2.23 bits per heavy atom. The molecule has 1 atom stereocenters. The Labute approximate surface area is 81.3 Å². The topological polar surface area (TPSA) is 26.0 Å². The molecule has 0 amide bonds. The van der Waals surface area contributed by atoms with Crippen LogP contribution < -0.4 is 5.73 Å². The molecule has 0 saturated carbocycles. The molecule has 1 rings (SSSR count). The van der Waals surface area contributed by atoms with Gasteiger partial charge in [-0.25, -0.2) is 0 Å². The molecule has 72 valence electrons. The Morgan fingerprint density at radius 1 is 1.38 bits per heavy atom. The van der Waals surface area contributed by atoms with Crippen molar-refractivity contribution < 1.29 is 0 Å². The Hall–Kier alpha value is -1.08. The first kappa shape index (κ1) is 11.9. The van der Waals surface area contributed by atoms with E-state index < -0.39 is 0 Å². The Bertz CT molecular complexity index is 216. The van der Waals surface area contributed by atoms with Gasteiger partial charge in [-0.3, -0.25) is 0 Å². The molecule has 1 aromatic rings. The summed E-state index contributed by atoms with van der Waals surface area (Å²) in [6.07, 6.45) is 1.75. The molecule has 1 nitrogen and oxygen atoms in total. The van der Waals surface area contributed by atoms with Crippen molar-refractivity contribution in [2.24, 2.45) is 5.73 Å². The van der Waals surface area contributed by atoms with Crippen LogP contribution in [-0.4, -0.2) is 6.54 Å². The highest BCUT2D eigenvalue weighted by Gasteiger charge is 1.99. The second kappa shape index (κ2) is 7.56. The zero-order valence-corrected chi connectivity index (χ0v) is 8.53. The molecule has 1 heteroatoms. The second-order valence-electron chi connectivity index (χ2n) is 2.96. The van der Waals surface area contributed by atoms with E-state index in [-0.39, 0.29) is 0 Å². The molecule has 1 unspecified atom stereocenters. The van der Waals surface area contributed by atoms with Gasteiger partial charge in [0.25, 0.3) is 0 Å². The summed E-state index contributed by atoms with van der Waals surface area (Å²) >= 11 is 0. The minimum atomic E-state index is 0.487. The van der Waals surface area contributed by atoms with Crippen molar-refractivity contribution >= 4 is 0 Å². The molecule has 0 radical (unpaired) electrons. The summed E-state index contributed by atoms with van der Waals surface area (Å²) in [5.41, 5.74) is 6.83. The highest BCUT2D eigenvalue weighted by molar-refractivity contribution is 5.18. The van der Waals surface area contributed by atoms with Gasteiger partial charge in [-0.05, 0) is 24.9 Å². The number of nitrogens with two attached hydrogens (primary N) is 1. The first-order valence-corrected chi connectivity index (χ1v) is 4.58. The van der Waals surface area contributed by atoms with Crippen LogP contribution in [0.2, 0.25) is 0 Å². The maximum absolute atomic E-state index is 5.50. The third-order valence-corrected chi connectivity index (χ3v) is 1.72. The van der Waals surface area contributed by atoms with Crippen LogP contribution >= 0.6 is 0 Å². The molecule has 0 spiro atoms. The Morgan fingerprint density at radius 2 is 1.85 bits per heavy atom. The van der Waals surface area contributed by atoms with Gasteiger partial charge in [-0.2, -0.15) is 0 Å². The van der Waals surface area contributed by atoms with Crippen molar-refractivity contribution in [2.75, 3.05) is 6.54 Å². The fourth-order valence-electron chi connectivity index (χ4n) is 0.918. The van der Waals surface area contributed by atoms with Crippen molar-refractivity contribution in [1.29, 1.82) is 0 Å². The molecule has 1 aromatic carbocycles. The number of allylic oxidation sites excluding steroid dienone is 1. The van der Waals surface area contributed by atoms with Crippen molar-refractivity contribution in [1.82, 2.24) is 0 Å². The van der Waals surface area contributed by atoms with Crippen LogP contribution in [0.15, 0.2) is 43.0 Å². The highest BCUT2D eigenvalue weighted by atomic mass is 14.5. The minimum Gasteiger partial charge on any atom is -0.330 e. The standard InChI is InChI=1S/C9H13N.C3H6/c1-8(7-10)9-5-3-2-4-6-9;1-3-2/h2-6,8H,7,10H2,1H3;3H,1H2,2H3. The Balaban J connectivity index is 0.000000424. The summed E-state index contributed by atoms with van der Waals surface area (Å²) in [4.78, 5) is 0. The predicted octanol–water partition coefficient (Wildman–Crippen LogP) is 2.94. The fourth-order valence-corrected chi connectivity index (χ4v) is 0.918. The molecule has 0 aromatic heterocycles. The summed E-state index contributed by atoms with van der Waals surface area (Å²) < 4.78 is 0. The van der Waals surface area contributed by atoms with Crippen LogP contribution in [0.25, 0.3) is 0 Å². The number of hydrogen-bond acceptors (Lipinski definition) is 1. The maximum Gasteiger partial charge on any atom is -0.00109 e. The van der Waals surface area contributed by atoms with Gasteiger partial charge in [0.2, 0.25) is 0 Å². The van der Waals surface area contributed by atoms with E-state index in [1.165, 1.54) is 5.56 Å². The van der Waals surface area contributed by atoms with E-state index in [1.54, 1.807) is 6.08 Å². The molecule has 0 aliphatic carbocycles. The summed E-state index contributed by atoms with van der Waals surface area (Å²) in [7, 11) is 0. The van der Waals surface area contributed by atoms with Crippen molar-refractivity contribution in [2.45, 2.75) is 19.8 Å². The lowest BCUT2D eigenvalue weighted by molar-refractivity contribution is 0.774. The average molecular weight is 177 g/mol. The molecule has 0 aliphatic rings. The molecule has 0 fully saturated rings. The van der Waals surface area contributed by atoms with E-state index in [9.17, 15) is 0 Å². The summed E-state index contributed by atoms with van der Waals surface area (Å²) in [5.74, 6) is 0.487. The summed E-state index contributed by atoms with van der Waals surface area (Å²) in [6, 6.07) is 10.3. The number of benzene rings is 1. The lowest BCUT2D eigenvalue weighted by Gasteiger charge is -2.06. The van der Waals surface area contributed by atoms with Crippen molar-refractivity contribution in [3.05, 3.63) is 48.6 Å². The maximum atomic E-state index is 5.50. The van der Waals surface area contributed by atoms with E-state index in [2.05, 4.69) is 25.6 Å². The highest BCUT2D eigenvalue weighted by Crippen LogP contribution is 2.11. The Kier molecular flexibility index (Phi) is 6.93. The van der Waals surface area contributed by atoms with Crippen LogP contribution in [0.3, 0.4) is 0 Å². The van der Waals surface area contributed by atoms with E-state index in [4.69, 9.17) is 5.73 Å². The normalized spacial score (nSPS) is 11.0. The predicted molar refractivity (Wildman–Crippen MR) is 59.8 cm³/mol. The smallest absolute Gasteiger partial charge is 0.00109 e. The second-order valence-corrected chi connectivity index (χ2v) is 2.96. The lowest BCUT2D eigenvalue weighted by atomic mass is 10.0. The monoisotopic (exact) mass is 177 g/mol. The first-order chi connectivity index (χ1) is 6.26. The molecule has 0 aliphatic heterocycles. The zero-order valence-electron chi connectivity index (χ0n) is 8.53. The molecule has 13 heavy (non-hydrogen) atoms. The van der Waals surface area contributed by atoms with Crippen LogP contribution in [0.5, 0.6) is 0 Å². The molecular formula is C12H19N. The first-order valence-electron chi connectivity index (χ1n) is 4.58. The third kappa shape index (κ3) is 5.21. The van der Waals surface area contributed by atoms with Gasteiger partial charge < -0.3 is 5.73 Å². The van der Waals surface area contributed by atoms with Gasteiger partial charge in [0.15, 0.2) is 0 Å². The van der Waals surface area contributed by atoms with E-state index >= 15 is 0 Å². The third-order valence-electron chi connectivity index (χ3n) is 1.72. The van der Waals surface area contributed by atoms with Crippen molar-refractivity contribution in [3.63, 3.8) is 0 Å². The van der Waals surface area contributed by atoms with Crippen LogP contribution in [0, 0.1) is 0 Å². The fraction of sp³-hybridized carbons (Fsp3) is 0.333. The average Bonchev–Trinajstić information content (AvgIpc) is 2.19. The van der Waals surface area contributed by atoms with E-state index in [0.717, 1.165) is 6.54 Å². The SMILES string of the molecule is C=CC.CC(CN)c1ccccc1. The van der Waals surface area contributed by atoms with E-state index in [1.807, 2.05) is 25.1 Å². The molecule has 0 heterocycles. The van der Waals surface area contributed by atoms with Gasteiger partial charge in [0, 0.05) is 0 Å². The van der Waals surface area contributed by atoms with Gasteiger partial charge in [-0.1, -0.05) is 43.3 Å². The van der Waals surface area contributed by atoms with Gasteiger partial charge in [0.05, 0.1) is 0 Å². The minimum absolute atomic E-state index is 0.487. The lowest BCUT2D eigenvalue weighted by Crippen LogP contribution is -2.08. The van der Waals surface area contributed by atoms with Gasteiger partial charge >= 0.3 is 0 Å². The number of hydrogen-bond donors (Lipinski definition) is 1. The van der Waals surface area contributed by atoms with Crippen molar-refractivity contribution in [3.8, 4) is 0 Å². The molecular weight excluding hydrogens is 158 g/mol. The molecule has 0 saturated heterocycles. The molecule has 2 N–H and O–H groups in total. The van der Waals surface area contributed by atoms with Crippen LogP contribution in [0.1, 0.15) is 25.3 Å². The van der Waals surface area contributed by atoms with Gasteiger partial charge in [-0.15, -0.1) is 6.58 Å². The van der Waals surface area contributed by atoms with Gasteiger partial charge in [0.1, 0.15) is 0 Å². The number of rotatable bonds is 2. The summed E-state index contributed by atoms with van der Waals surface area (Å²) in [5, 5.41) is 0.